The summed E-state index contributed by atoms with van der Waals surface area (Å²) in [5, 5.41) is 2.59. The molecule has 0 radical (unpaired) electrons. The van der Waals surface area contributed by atoms with Gasteiger partial charge in [0.15, 0.2) is 0 Å². The second-order valence-electron chi connectivity index (χ2n) is 4.23. The van der Waals surface area contributed by atoms with Crippen molar-refractivity contribution in [2.75, 3.05) is 33.1 Å². The van der Waals surface area contributed by atoms with Crippen LogP contribution in [0.2, 0.25) is 0 Å². The maximum atomic E-state index is 11.7. The Bertz CT molecular complexity index is 519. The lowest BCUT2D eigenvalue weighted by molar-refractivity contribution is -0.121. The molecule has 20 heavy (non-hydrogen) atoms. The zero-order chi connectivity index (χ0) is 15.0. The summed E-state index contributed by atoms with van der Waals surface area (Å²) < 4.78 is 29.3. The van der Waals surface area contributed by atoms with Gasteiger partial charge in [0.2, 0.25) is 15.9 Å². The third kappa shape index (κ3) is 6.09. The van der Waals surface area contributed by atoms with Crippen LogP contribution >= 0.6 is 0 Å². The highest BCUT2D eigenvalue weighted by Gasteiger charge is 2.20. The van der Waals surface area contributed by atoms with Crippen LogP contribution in [0.25, 0.3) is 0 Å². The number of methoxy groups -OCH3 is 1. The molecule has 0 aliphatic rings. The highest BCUT2D eigenvalue weighted by Crippen LogP contribution is 2.06. The van der Waals surface area contributed by atoms with Crippen molar-refractivity contribution in [2.24, 2.45) is 0 Å². The minimum atomic E-state index is -3.47. The van der Waals surface area contributed by atoms with E-state index in [1.807, 2.05) is 0 Å². The van der Waals surface area contributed by atoms with Gasteiger partial charge >= 0.3 is 0 Å². The molecule has 1 rings (SSSR count). The summed E-state index contributed by atoms with van der Waals surface area (Å²) in [6.45, 7) is 0.654. The molecule has 0 bridgehead atoms. The molecule has 0 fully saturated rings. The zero-order valence-corrected chi connectivity index (χ0v) is 12.4. The fourth-order valence-corrected chi connectivity index (χ4v) is 2.23. The highest BCUT2D eigenvalue weighted by molar-refractivity contribution is 7.88. The van der Waals surface area contributed by atoms with Crippen LogP contribution in [-0.4, -0.2) is 56.7 Å². The Morgan fingerprint density at radius 3 is 2.60 bits per heavy atom. The number of carbonyl (C=O) groups excluding carboxylic acids is 1. The number of hydrogen-bond acceptors (Lipinski definition) is 5. The zero-order valence-electron chi connectivity index (χ0n) is 11.6. The minimum Gasteiger partial charge on any atom is -0.383 e. The predicted molar refractivity (Wildman–Crippen MR) is 74.4 cm³/mol. The fraction of sp³-hybridized carbons (Fsp3) is 0.500. The van der Waals surface area contributed by atoms with Crippen LogP contribution in [0.1, 0.15) is 5.56 Å². The van der Waals surface area contributed by atoms with Gasteiger partial charge in [-0.05, 0) is 17.7 Å². The average Bonchev–Trinajstić information content (AvgIpc) is 2.38. The van der Waals surface area contributed by atoms with Crippen molar-refractivity contribution in [3.05, 3.63) is 30.1 Å². The lowest BCUT2D eigenvalue weighted by atomic mass is 10.3. The molecule has 1 aromatic rings. The number of hydrogen-bond donors (Lipinski definition) is 1. The minimum absolute atomic E-state index is 0.138. The Balaban J connectivity index is 2.64. The van der Waals surface area contributed by atoms with Crippen LogP contribution in [0.4, 0.5) is 0 Å². The molecule has 0 saturated carbocycles. The first-order valence-corrected chi connectivity index (χ1v) is 7.88. The van der Waals surface area contributed by atoms with Crippen molar-refractivity contribution < 1.29 is 17.9 Å². The summed E-state index contributed by atoms with van der Waals surface area (Å²) >= 11 is 0. The van der Waals surface area contributed by atoms with Crippen LogP contribution in [0.5, 0.6) is 0 Å². The highest BCUT2D eigenvalue weighted by atomic mass is 32.2. The second kappa shape index (κ2) is 7.93. The van der Waals surface area contributed by atoms with Gasteiger partial charge in [0, 0.05) is 32.6 Å². The standard InChI is InChI=1S/C12H19N3O4S/c1-19-8-7-14-12(16)10-15(20(2,17)18)9-11-3-5-13-6-4-11/h3-6H,7-10H2,1-2H3,(H,14,16). The molecule has 7 nitrogen and oxygen atoms in total. The van der Waals surface area contributed by atoms with Gasteiger partial charge in [0.1, 0.15) is 0 Å². The molecule has 0 saturated heterocycles. The van der Waals surface area contributed by atoms with Gasteiger partial charge in [0.25, 0.3) is 0 Å². The largest absolute Gasteiger partial charge is 0.383 e. The van der Waals surface area contributed by atoms with Gasteiger partial charge in [-0.25, -0.2) is 8.42 Å². The van der Waals surface area contributed by atoms with E-state index in [4.69, 9.17) is 4.74 Å². The van der Waals surface area contributed by atoms with E-state index < -0.39 is 10.0 Å². The number of aromatic nitrogens is 1. The first kappa shape index (κ1) is 16.5. The number of amides is 1. The average molecular weight is 301 g/mol. The number of sulfonamides is 1. The molecule has 0 aromatic carbocycles. The van der Waals surface area contributed by atoms with E-state index in [0.29, 0.717) is 13.2 Å². The van der Waals surface area contributed by atoms with Crippen molar-refractivity contribution >= 4 is 15.9 Å². The van der Waals surface area contributed by atoms with E-state index in [-0.39, 0.29) is 19.0 Å². The summed E-state index contributed by atoms with van der Waals surface area (Å²) in [5.74, 6) is -0.360. The molecule has 0 atom stereocenters. The summed E-state index contributed by atoms with van der Waals surface area (Å²) in [4.78, 5) is 15.5. The van der Waals surface area contributed by atoms with E-state index >= 15 is 0 Å². The van der Waals surface area contributed by atoms with E-state index in [2.05, 4.69) is 10.3 Å². The number of nitrogens with one attached hydrogen (secondary N) is 1. The molecule has 1 N–H and O–H groups in total. The van der Waals surface area contributed by atoms with E-state index in [1.165, 1.54) is 7.11 Å². The van der Waals surface area contributed by atoms with Gasteiger partial charge in [-0.2, -0.15) is 4.31 Å². The molecule has 1 aromatic heterocycles. The molecular weight excluding hydrogens is 282 g/mol. The molecule has 1 amide bonds. The number of nitrogens with zero attached hydrogens (tertiary/aromatic N) is 2. The topological polar surface area (TPSA) is 88.6 Å². The quantitative estimate of drug-likeness (QED) is 0.660. The number of carbonyl (C=O) groups is 1. The lowest BCUT2D eigenvalue weighted by Gasteiger charge is -2.19. The number of ether oxygens (including phenoxy) is 1. The van der Waals surface area contributed by atoms with Crippen LogP contribution in [0, 0.1) is 0 Å². The van der Waals surface area contributed by atoms with Gasteiger partial charge in [-0.15, -0.1) is 0 Å². The fourth-order valence-electron chi connectivity index (χ4n) is 1.49. The lowest BCUT2D eigenvalue weighted by Crippen LogP contribution is -2.40. The van der Waals surface area contributed by atoms with Gasteiger partial charge in [-0.3, -0.25) is 9.78 Å². The number of rotatable bonds is 8. The van der Waals surface area contributed by atoms with Gasteiger partial charge in [0.05, 0.1) is 19.4 Å². The first-order valence-electron chi connectivity index (χ1n) is 6.03. The van der Waals surface area contributed by atoms with Crippen molar-refractivity contribution in [3.63, 3.8) is 0 Å². The van der Waals surface area contributed by atoms with Crippen LogP contribution in [-0.2, 0) is 26.1 Å². The molecule has 8 heteroatoms. The summed E-state index contributed by atoms with van der Waals surface area (Å²) in [6.07, 6.45) is 4.24. The first-order chi connectivity index (χ1) is 9.43. The SMILES string of the molecule is COCCNC(=O)CN(Cc1ccncc1)S(C)(=O)=O. The summed E-state index contributed by atoms with van der Waals surface area (Å²) in [7, 11) is -1.94. The van der Waals surface area contributed by atoms with Gasteiger partial charge in [-0.1, -0.05) is 0 Å². The Morgan fingerprint density at radius 1 is 1.40 bits per heavy atom. The third-order valence-electron chi connectivity index (χ3n) is 2.53. The van der Waals surface area contributed by atoms with Crippen molar-refractivity contribution in [2.45, 2.75) is 6.54 Å². The second-order valence-corrected chi connectivity index (χ2v) is 6.21. The van der Waals surface area contributed by atoms with Crippen LogP contribution < -0.4 is 5.32 Å². The molecule has 1 heterocycles. The molecular formula is C12H19N3O4S. The molecule has 112 valence electrons. The van der Waals surface area contributed by atoms with Crippen molar-refractivity contribution in [1.82, 2.24) is 14.6 Å². The molecule has 0 aliphatic heterocycles. The van der Waals surface area contributed by atoms with E-state index in [1.54, 1.807) is 24.5 Å². The smallest absolute Gasteiger partial charge is 0.235 e. The maximum Gasteiger partial charge on any atom is 0.235 e. The number of pyridine rings is 1. The normalized spacial score (nSPS) is 11.6. The predicted octanol–water partition coefficient (Wildman–Crippen LogP) is -0.394. The summed E-state index contributed by atoms with van der Waals surface area (Å²) in [6, 6.07) is 3.42. The Kier molecular flexibility index (Phi) is 6.56. The van der Waals surface area contributed by atoms with Crippen LogP contribution in [0.15, 0.2) is 24.5 Å². The van der Waals surface area contributed by atoms with E-state index in [0.717, 1.165) is 16.1 Å². The monoisotopic (exact) mass is 301 g/mol. The molecule has 0 unspecified atom stereocenters. The maximum absolute atomic E-state index is 11.7. The Labute approximate surface area is 119 Å². The molecule has 0 aliphatic carbocycles. The third-order valence-corrected chi connectivity index (χ3v) is 3.72. The Hall–Kier alpha value is -1.51. The van der Waals surface area contributed by atoms with Crippen LogP contribution in [0.3, 0.4) is 0 Å². The van der Waals surface area contributed by atoms with E-state index in [9.17, 15) is 13.2 Å². The molecule has 0 spiro atoms. The Morgan fingerprint density at radius 2 is 2.05 bits per heavy atom. The summed E-state index contributed by atoms with van der Waals surface area (Å²) in [5.41, 5.74) is 0.773. The van der Waals surface area contributed by atoms with Crippen molar-refractivity contribution in [3.8, 4) is 0 Å². The van der Waals surface area contributed by atoms with Crippen molar-refractivity contribution in [1.29, 1.82) is 0 Å². The van der Waals surface area contributed by atoms with Gasteiger partial charge < -0.3 is 10.1 Å².